The van der Waals surface area contributed by atoms with E-state index in [2.05, 4.69) is 10.6 Å². The zero-order valence-electron chi connectivity index (χ0n) is 14.5. The van der Waals surface area contributed by atoms with E-state index in [0.29, 0.717) is 24.2 Å². The van der Waals surface area contributed by atoms with Gasteiger partial charge in [0.2, 0.25) is 0 Å². The van der Waals surface area contributed by atoms with Gasteiger partial charge in [0.1, 0.15) is 12.2 Å². The molecular weight excluding hydrogens is 324 g/mol. The molecule has 1 aliphatic rings. The molecule has 24 heavy (non-hydrogen) atoms. The van der Waals surface area contributed by atoms with Gasteiger partial charge < -0.3 is 20.1 Å². The number of alkyl carbamates (subject to hydrolysis) is 1. The van der Waals surface area contributed by atoms with E-state index >= 15 is 0 Å². The Morgan fingerprint density at radius 2 is 1.96 bits per heavy atom. The molecule has 6 heteroatoms. The molecule has 0 radical (unpaired) electrons. The summed E-state index contributed by atoms with van der Waals surface area (Å²) in [6, 6.07) is 10.2. The maximum absolute atomic E-state index is 12.1. The van der Waals surface area contributed by atoms with Crippen LogP contribution in [0.1, 0.15) is 39.2 Å². The highest BCUT2D eigenvalue weighted by molar-refractivity contribution is 7.80. The van der Waals surface area contributed by atoms with E-state index < -0.39 is 11.7 Å². The van der Waals surface area contributed by atoms with Crippen LogP contribution in [-0.4, -0.2) is 35.6 Å². The molecule has 0 aromatic heterocycles. The van der Waals surface area contributed by atoms with Gasteiger partial charge in [-0.05, 0) is 57.8 Å². The third kappa shape index (κ3) is 7.64. The molecule has 1 atom stereocenters. The predicted octanol–water partition coefficient (Wildman–Crippen LogP) is 3.18. The summed E-state index contributed by atoms with van der Waals surface area (Å²) in [4.78, 5) is 12.1. The van der Waals surface area contributed by atoms with Gasteiger partial charge in [-0.3, -0.25) is 0 Å². The van der Waals surface area contributed by atoms with Gasteiger partial charge in [0.15, 0.2) is 0 Å². The molecule has 1 aromatic rings. The number of nitrogens with one attached hydrogen (secondary N) is 2. The Kier molecular flexibility index (Phi) is 6.43. The summed E-state index contributed by atoms with van der Waals surface area (Å²) in [6.07, 6.45) is 2.46. The number of hydrogen-bond donors (Lipinski definition) is 2. The minimum absolute atomic E-state index is 0.221. The van der Waals surface area contributed by atoms with E-state index in [0.717, 1.165) is 18.4 Å². The summed E-state index contributed by atoms with van der Waals surface area (Å²) in [5.41, 5.74) is 0.577. The van der Waals surface area contributed by atoms with Crippen LogP contribution in [0.15, 0.2) is 30.3 Å². The number of hydrogen-bond acceptors (Lipinski definition) is 4. The molecule has 1 amide bonds. The molecule has 2 N–H and O–H groups in total. The summed E-state index contributed by atoms with van der Waals surface area (Å²) in [6.45, 7) is 5.81. The van der Waals surface area contributed by atoms with E-state index in [4.69, 9.17) is 21.7 Å². The monoisotopic (exact) mass is 350 g/mol. The van der Waals surface area contributed by atoms with Crippen molar-refractivity contribution in [3.05, 3.63) is 35.9 Å². The highest BCUT2D eigenvalue weighted by Crippen LogP contribution is 2.18. The predicted molar refractivity (Wildman–Crippen MR) is 98.0 cm³/mol. The van der Waals surface area contributed by atoms with Crippen molar-refractivity contribution in [2.45, 2.75) is 57.7 Å². The third-order valence-corrected chi connectivity index (χ3v) is 3.60. The lowest BCUT2D eigenvalue weighted by atomic mass is 10.1. The van der Waals surface area contributed by atoms with Gasteiger partial charge in [-0.1, -0.05) is 30.3 Å². The number of rotatable bonds is 6. The molecule has 0 heterocycles. The van der Waals surface area contributed by atoms with Crippen LogP contribution in [0.5, 0.6) is 0 Å². The zero-order chi connectivity index (χ0) is 17.6. The fraction of sp³-hybridized carbons (Fsp3) is 0.556. The lowest BCUT2D eigenvalue weighted by Gasteiger charge is -2.24. The van der Waals surface area contributed by atoms with Crippen molar-refractivity contribution in [1.82, 2.24) is 10.6 Å². The maximum Gasteiger partial charge on any atom is 0.408 e. The van der Waals surface area contributed by atoms with Gasteiger partial charge in [0.05, 0.1) is 6.04 Å². The number of thiocarbonyl (C=S) groups is 1. The van der Waals surface area contributed by atoms with Crippen molar-refractivity contribution in [2.75, 3.05) is 6.61 Å². The van der Waals surface area contributed by atoms with E-state index in [1.165, 1.54) is 0 Å². The Hall–Kier alpha value is -1.82. The van der Waals surface area contributed by atoms with Crippen LogP contribution in [0, 0.1) is 0 Å². The first-order chi connectivity index (χ1) is 11.3. The molecule has 0 spiro atoms. The molecule has 1 saturated carbocycles. The van der Waals surface area contributed by atoms with Crippen molar-refractivity contribution in [3.63, 3.8) is 0 Å². The Morgan fingerprint density at radius 3 is 2.54 bits per heavy atom. The minimum atomic E-state index is -0.537. The standard InChI is InChI=1S/C18H26N2O3S/c1-18(2,3)23-16(21)19-15(11-13-7-5-4-6-8-13)12-22-17(24)20-14-9-10-14/h4-8,14-15H,9-12H2,1-3H3,(H,19,21)(H,20,24)/t15-/m1/s1. The van der Waals surface area contributed by atoms with E-state index in [1.54, 1.807) is 0 Å². The van der Waals surface area contributed by atoms with Crippen LogP contribution in [0.25, 0.3) is 0 Å². The Labute approximate surface area is 149 Å². The van der Waals surface area contributed by atoms with E-state index in [1.807, 2.05) is 51.1 Å². The average Bonchev–Trinajstić information content (AvgIpc) is 3.28. The van der Waals surface area contributed by atoms with Crippen molar-refractivity contribution in [1.29, 1.82) is 0 Å². The second-order valence-corrected chi connectivity index (χ2v) is 7.42. The molecule has 1 aliphatic carbocycles. The van der Waals surface area contributed by atoms with Gasteiger partial charge in [0, 0.05) is 6.04 Å². The largest absolute Gasteiger partial charge is 0.469 e. The highest BCUT2D eigenvalue weighted by atomic mass is 32.1. The molecule has 0 bridgehead atoms. The van der Waals surface area contributed by atoms with Gasteiger partial charge >= 0.3 is 6.09 Å². The zero-order valence-corrected chi connectivity index (χ0v) is 15.3. The van der Waals surface area contributed by atoms with Crippen LogP contribution < -0.4 is 10.6 Å². The Morgan fingerprint density at radius 1 is 1.29 bits per heavy atom. The second-order valence-electron chi connectivity index (χ2n) is 7.05. The summed E-state index contributed by atoms with van der Waals surface area (Å²) in [7, 11) is 0. The van der Waals surface area contributed by atoms with Gasteiger partial charge in [-0.25, -0.2) is 4.79 Å². The Bertz CT molecular complexity index is 553. The molecule has 132 valence electrons. The lowest BCUT2D eigenvalue weighted by molar-refractivity contribution is 0.0485. The van der Waals surface area contributed by atoms with Crippen LogP contribution in [0.4, 0.5) is 4.79 Å². The summed E-state index contributed by atoms with van der Waals surface area (Å²) < 4.78 is 10.9. The molecule has 0 unspecified atom stereocenters. The fourth-order valence-electron chi connectivity index (χ4n) is 2.14. The summed E-state index contributed by atoms with van der Waals surface area (Å²) >= 11 is 5.18. The molecule has 1 fully saturated rings. The number of ether oxygens (including phenoxy) is 2. The van der Waals surface area contributed by atoms with Gasteiger partial charge in [0.25, 0.3) is 5.17 Å². The smallest absolute Gasteiger partial charge is 0.408 e. The van der Waals surface area contributed by atoms with Gasteiger partial charge in [-0.15, -0.1) is 0 Å². The van der Waals surface area contributed by atoms with E-state index in [9.17, 15) is 4.79 Å². The van der Waals surface area contributed by atoms with Crippen molar-refractivity contribution in [3.8, 4) is 0 Å². The SMILES string of the molecule is CC(C)(C)OC(=O)N[C@@H](COC(=S)NC1CC1)Cc1ccccc1. The van der Waals surface area contributed by atoms with Crippen LogP contribution in [-0.2, 0) is 15.9 Å². The minimum Gasteiger partial charge on any atom is -0.469 e. The van der Waals surface area contributed by atoms with E-state index in [-0.39, 0.29) is 6.04 Å². The van der Waals surface area contributed by atoms with Crippen LogP contribution in [0.3, 0.4) is 0 Å². The number of amides is 1. The molecule has 0 saturated heterocycles. The highest BCUT2D eigenvalue weighted by Gasteiger charge is 2.24. The van der Waals surface area contributed by atoms with Gasteiger partial charge in [-0.2, -0.15) is 0 Å². The quantitative estimate of drug-likeness (QED) is 0.772. The number of carbonyl (C=O) groups is 1. The van der Waals surface area contributed by atoms with Crippen LogP contribution in [0.2, 0.25) is 0 Å². The van der Waals surface area contributed by atoms with Crippen molar-refractivity contribution >= 4 is 23.5 Å². The first-order valence-electron chi connectivity index (χ1n) is 8.28. The number of benzene rings is 1. The second kappa shape index (κ2) is 8.33. The van der Waals surface area contributed by atoms with Crippen molar-refractivity contribution < 1.29 is 14.3 Å². The molecule has 5 nitrogen and oxygen atoms in total. The lowest BCUT2D eigenvalue weighted by Crippen LogP contribution is -2.43. The summed E-state index contributed by atoms with van der Waals surface area (Å²) in [5.74, 6) is 0. The van der Waals surface area contributed by atoms with Crippen molar-refractivity contribution in [2.24, 2.45) is 0 Å². The Balaban J connectivity index is 1.89. The first kappa shape index (κ1) is 18.5. The molecule has 2 rings (SSSR count). The summed E-state index contributed by atoms with van der Waals surface area (Å²) in [5, 5.41) is 6.39. The van der Waals surface area contributed by atoms with Crippen LogP contribution >= 0.6 is 12.2 Å². The fourth-order valence-corrected chi connectivity index (χ4v) is 2.37. The molecular formula is C18H26N2O3S. The number of carbonyl (C=O) groups excluding carboxylic acids is 1. The third-order valence-electron chi connectivity index (χ3n) is 3.36. The molecule has 0 aliphatic heterocycles. The normalized spacial score (nSPS) is 15.3. The first-order valence-corrected chi connectivity index (χ1v) is 8.69. The topological polar surface area (TPSA) is 59.6 Å². The average molecular weight is 350 g/mol. The molecule has 1 aromatic carbocycles. The maximum atomic E-state index is 12.1.